The molecule has 19 heavy (non-hydrogen) atoms. The highest BCUT2D eigenvalue weighted by atomic mass is 16.5. The van der Waals surface area contributed by atoms with Gasteiger partial charge >= 0.3 is 5.97 Å². The Bertz CT molecular complexity index is 398. The maximum absolute atomic E-state index is 11.7. The number of hydrogen-bond donors (Lipinski definition) is 1. The van der Waals surface area contributed by atoms with Crippen LogP contribution in [0.25, 0.3) is 0 Å². The van der Waals surface area contributed by atoms with Crippen molar-refractivity contribution in [1.82, 2.24) is 0 Å². The first-order valence-corrected chi connectivity index (χ1v) is 6.77. The Balaban J connectivity index is 2.98. The summed E-state index contributed by atoms with van der Waals surface area (Å²) in [4.78, 5) is 11.7. The molecule has 0 spiro atoms. The average molecular weight is 264 g/mol. The molecule has 0 radical (unpaired) electrons. The van der Waals surface area contributed by atoms with Crippen molar-refractivity contribution >= 4 is 5.97 Å². The summed E-state index contributed by atoms with van der Waals surface area (Å²) in [7, 11) is 0. The van der Waals surface area contributed by atoms with E-state index in [1.165, 1.54) is 0 Å². The molecule has 106 valence electrons. The van der Waals surface area contributed by atoms with Gasteiger partial charge < -0.3 is 9.84 Å². The second kappa shape index (κ2) is 6.71. The number of carbonyl (C=O) groups is 1. The van der Waals surface area contributed by atoms with Gasteiger partial charge in [0.05, 0.1) is 17.9 Å². The van der Waals surface area contributed by atoms with Crippen LogP contribution in [0.15, 0.2) is 30.3 Å². The Kier molecular flexibility index (Phi) is 5.55. The molecule has 3 heteroatoms. The smallest absolute Gasteiger partial charge is 0.308 e. The summed E-state index contributed by atoms with van der Waals surface area (Å²) in [5, 5.41) is 9.86. The lowest BCUT2D eigenvalue weighted by Crippen LogP contribution is -2.42. The van der Waals surface area contributed by atoms with Gasteiger partial charge in [0.1, 0.15) is 6.61 Å². The standard InChI is InChI=1S/C16H24O3/c1-12(2)15(18)19-11-16(10-17,13(3)4)14-8-6-5-7-9-14/h5-9,12-13,17H,10-11H2,1-4H3/t16-/m0/s1. The predicted molar refractivity (Wildman–Crippen MR) is 75.8 cm³/mol. The quantitative estimate of drug-likeness (QED) is 0.804. The first-order valence-electron chi connectivity index (χ1n) is 6.77. The van der Waals surface area contributed by atoms with Crippen LogP contribution in [0.4, 0.5) is 0 Å². The molecule has 0 unspecified atom stereocenters. The van der Waals surface area contributed by atoms with Crippen LogP contribution >= 0.6 is 0 Å². The largest absolute Gasteiger partial charge is 0.464 e. The Morgan fingerprint density at radius 3 is 2.21 bits per heavy atom. The molecule has 0 aliphatic heterocycles. The van der Waals surface area contributed by atoms with E-state index in [0.717, 1.165) is 5.56 Å². The van der Waals surface area contributed by atoms with E-state index >= 15 is 0 Å². The summed E-state index contributed by atoms with van der Waals surface area (Å²) < 4.78 is 5.38. The van der Waals surface area contributed by atoms with Gasteiger partial charge in [-0.15, -0.1) is 0 Å². The van der Waals surface area contributed by atoms with Crippen LogP contribution in [-0.2, 0) is 14.9 Å². The van der Waals surface area contributed by atoms with Crippen LogP contribution in [-0.4, -0.2) is 24.3 Å². The molecular weight excluding hydrogens is 240 g/mol. The van der Waals surface area contributed by atoms with Gasteiger partial charge in [-0.1, -0.05) is 58.0 Å². The Labute approximate surface area is 115 Å². The summed E-state index contributed by atoms with van der Waals surface area (Å²) in [5.41, 5.74) is 0.468. The lowest BCUT2D eigenvalue weighted by Gasteiger charge is -2.36. The van der Waals surface area contributed by atoms with Crippen molar-refractivity contribution in [3.05, 3.63) is 35.9 Å². The summed E-state index contributed by atoms with van der Waals surface area (Å²) >= 11 is 0. The van der Waals surface area contributed by atoms with Gasteiger partial charge in [-0.25, -0.2) is 0 Å². The highest BCUT2D eigenvalue weighted by molar-refractivity contribution is 5.71. The van der Waals surface area contributed by atoms with E-state index in [4.69, 9.17) is 4.74 Å². The Morgan fingerprint density at radius 1 is 1.21 bits per heavy atom. The molecule has 0 heterocycles. The molecule has 1 N–H and O–H groups in total. The van der Waals surface area contributed by atoms with Crippen molar-refractivity contribution in [2.75, 3.05) is 13.2 Å². The van der Waals surface area contributed by atoms with Gasteiger partial charge in [0.2, 0.25) is 0 Å². The fourth-order valence-electron chi connectivity index (χ4n) is 2.04. The van der Waals surface area contributed by atoms with E-state index in [2.05, 4.69) is 0 Å². The number of rotatable bonds is 6. The van der Waals surface area contributed by atoms with Gasteiger partial charge in [-0.05, 0) is 11.5 Å². The summed E-state index contributed by atoms with van der Waals surface area (Å²) in [6.07, 6.45) is 0. The summed E-state index contributed by atoms with van der Waals surface area (Å²) in [6.45, 7) is 7.85. The minimum atomic E-state index is -0.536. The van der Waals surface area contributed by atoms with Crippen molar-refractivity contribution in [3.8, 4) is 0 Å². The zero-order valence-electron chi connectivity index (χ0n) is 12.2. The fourth-order valence-corrected chi connectivity index (χ4v) is 2.04. The third-order valence-electron chi connectivity index (χ3n) is 3.68. The van der Waals surface area contributed by atoms with Crippen LogP contribution in [0.3, 0.4) is 0 Å². The number of aliphatic hydroxyl groups is 1. The van der Waals surface area contributed by atoms with E-state index in [0.29, 0.717) is 0 Å². The molecule has 1 aromatic carbocycles. The highest BCUT2D eigenvalue weighted by Gasteiger charge is 2.36. The molecule has 0 aliphatic carbocycles. The molecule has 1 aromatic rings. The van der Waals surface area contributed by atoms with E-state index in [1.807, 2.05) is 44.2 Å². The topological polar surface area (TPSA) is 46.5 Å². The normalized spacial score (nSPS) is 14.5. The maximum atomic E-state index is 11.7. The fraction of sp³-hybridized carbons (Fsp3) is 0.562. The molecule has 0 saturated heterocycles. The van der Waals surface area contributed by atoms with Crippen LogP contribution < -0.4 is 0 Å². The van der Waals surface area contributed by atoms with E-state index in [1.54, 1.807) is 13.8 Å². The Morgan fingerprint density at radius 2 is 1.79 bits per heavy atom. The summed E-state index contributed by atoms with van der Waals surface area (Å²) in [6, 6.07) is 9.75. The molecule has 0 saturated carbocycles. The van der Waals surface area contributed by atoms with E-state index in [9.17, 15) is 9.90 Å². The zero-order valence-corrected chi connectivity index (χ0v) is 12.2. The third kappa shape index (κ3) is 3.57. The molecule has 0 aliphatic rings. The third-order valence-corrected chi connectivity index (χ3v) is 3.68. The molecule has 3 nitrogen and oxygen atoms in total. The van der Waals surface area contributed by atoms with E-state index < -0.39 is 5.41 Å². The van der Waals surface area contributed by atoms with Gasteiger partial charge in [0.15, 0.2) is 0 Å². The number of esters is 1. The van der Waals surface area contributed by atoms with Crippen molar-refractivity contribution < 1.29 is 14.6 Å². The number of carbonyl (C=O) groups excluding carboxylic acids is 1. The number of aliphatic hydroxyl groups excluding tert-OH is 1. The lowest BCUT2D eigenvalue weighted by molar-refractivity contribution is -0.150. The van der Waals surface area contributed by atoms with E-state index in [-0.39, 0.29) is 31.0 Å². The SMILES string of the molecule is CC(C)C(=O)OC[C@](CO)(c1ccccc1)C(C)C. The van der Waals surface area contributed by atoms with Crippen LogP contribution in [0, 0.1) is 11.8 Å². The van der Waals surface area contributed by atoms with Gasteiger partial charge in [0, 0.05) is 0 Å². The zero-order chi connectivity index (χ0) is 14.5. The number of hydrogen-bond acceptors (Lipinski definition) is 3. The second-order valence-corrected chi connectivity index (χ2v) is 5.60. The molecule has 0 bridgehead atoms. The first kappa shape index (κ1) is 15.7. The minimum Gasteiger partial charge on any atom is -0.464 e. The van der Waals surface area contributed by atoms with Gasteiger partial charge in [0.25, 0.3) is 0 Å². The minimum absolute atomic E-state index is 0.0416. The van der Waals surface area contributed by atoms with Crippen LogP contribution in [0.2, 0.25) is 0 Å². The van der Waals surface area contributed by atoms with Crippen LogP contribution in [0.1, 0.15) is 33.3 Å². The maximum Gasteiger partial charge on any atom is 0.308 e. The number of benzene rings is 1. The van der Waals surface area contributed by atoms with Crippen molar-refractivity contribution in [3.63, 3.8) is 0 Å². The van der Waals surface area contributed by atoms with Gasteiger partial charge in [-0.2, -0.15) is 0 Å². The molecule has 0 amide bonds. The predicted octanol–water partition coefficient (Wildman–Crippen LogP) is 2.77. The molecule has 0 fully saturated rings. The average Bonchev–Trinajstić information content (AvgIpc) is 2.40. The van der Waals surface area contributed by atoms with Crippen molar-refractivity contribution in [1.29, 1.82) is 0 Å². The lowest BCUT2D eigenvalue weighted by atomic mass is 9.73. The second-order valence-electron chi connectivity index (χ2n) is 5.60. The molecule has 0 aromatic heterocycles. The number of ether oxygens (including phenoxy) is 1. The summed E-state index contributed by atoms with van der Waals surface area (Å²) in [5.74, 6) is -0.214. The van der Waals surface area contributed by atoms with Crippen molar-refractivity contribution in [2.45, 2.75) is 33.1 Å². The Hall–Kier alpha value is -1.35. The first-order chi connectivity index (χ1) is 8.94. The van der Waals surface area contributed by atoms with Gasteiger partial charge in [-0.3, -0.25) is 4.79 Å². The van der Waals surface area contributed by atoms with Crippen molar-refractivity contribution in [2.24, 2.45) is 11.8 Å². The highest BCUT2D eigenvalue weighted by Crippen LogP contribution is 2.32. The monoisotopic (exact) mass is 264 g/mol. The molecular formula is C16H24O3. The van der Waals surface area contributed by atoms with Crippen LogP contribution in [0.5, 0.6) is 0 Å². The molecule has 1 atom stereocenters. The molecule has 1 rings (SSSR count).